The molecule has 0 aliphatic heterocycles. The van der Waals surface area contributed by atoms with Gasteiger partial charge in [0.25, 0.3) is 0 Å². The smallest absolute Gasteiger partial charge is 0.160 e. The summed E-state index contributed by atoms with van der Waals surface area (Å²) in [4.78, 5) is 15.5. The van der Waals surface area contributed by atoms with Crippen molar-refractivity contribution in [1.82, 2.24) is 19.4 Å². The van der Waals surface area contributed by atoms with Crippen molar-refractivity contribution in [3.63, 3.8) is 0 Å². The van der Waals surface area contributed by atoms with Crippen LogP contribution in [0.15, 0.2) is 146 Å². The number of fused-ring (bicyclic) bond motifs is 18. The van der Waals surface area contributed by atoms with Gasteiger partial charge in [-0.25, -0.2) is 15.0 Å². The van der Waals surface area contributed by atoms with E-state index >= 15 is 0 Å². The zero-order valence-corrected chi connectivity index (χ0v) is 31.0. The van der Waals surface area contributed by atoms with Gasteiger partial charge in [-0.3, -0.25) is 4.40 Å². The molecule has 6 heteroatoms. The Morgan fingerprint density at radius 3 is 2.13 bits per heavy atom. The molecule has 12 aromatic rings. The van der Waals surface area contributed by atoms with Gasteiger partial charge in [0.05, 0.1) is 32.2 Å². The van der Waals surface area contributed by atoms with Crippen LogP contribution in [0.4, 0.5) is 0 Å². The van der Waals surface area contributed by atoms with Crippen LogP contribution in [0.25, 0.3) is 112 Å². The molecule has 6 aromatic carbocycles. The van der Waals surface area contributed by atoms with Crippen LogP contribution in [0, 0.1) is 0 Å². The fourth-order valence-electron chi connectivity index (χ4n) is 9.30. The highest BCUT2D eigenvalue weighted by Gasteiger charge is 2.27. The molecule has 256 valence electrons. The second kappa shape index (κ2) is 11.0. The number of imidazole rings is 1. The molecule has 0 unspecified atom stereocenters. The first-order chi connectivity index (χ1) is 27.3. The highest BCUT2D eigenvalue weighted by molar-refractivity contribution is 7.27. The van der Waals surface area contributed by atoms with E-state index in [1.54, 1.807) is 0 Å². The molecule has 0 atom stereocenters. The van der Waals surface area contributed by atoms with E-state index in [0.29, 0.717) is 0 Å². The molecule has 4 nitrogen and oxygen atoms in total. The molecule has 1 aliphatic rings. The molecular formula is C49H28N4S2. The molecule has 0 saturated carbocycles. The molecule has 0 spiro atoms. The van der Waals surface area contributed by atoms with Gasteiger partial charge >= 0.3 is 0 Å². The maximum absolute atomic E-state index is 5.60. The number of benzene rings is 6. The van der Waals surface area contributed by atoms with E-state index in [9.17, 15) is 0 Å². The summed E-state index contributed by atoms with van der Waals surface area (Å²) in [5.41, 5.74) is 11.3. The van der Waals surface area contributed by atoms with Crippen molar-refractivity contribution >= 4 is 101 Å². The standard InChI is InChI=1S/C49H28N4S2/c1-3-10-31-27(8-1)19-21-34-33(31)22-23-38-45(34)52-49-46-37(42-32-11-4-2-9-28(32)20-24-41(42)55-46)26-39(53(38)49)29-15-17-30(18-16-29)44-47-43(35-12-5-6-14-40(35)54-47)36-13-7-25-50-48(36)51-44/h1-21,24-26H,22-23H2. The van der Waals surface area contributed by atoms with Gasteiger partial charge in [-0.2, -0.15) is 0 Å². The van der Waals surface area contributed by atoms with Crippen molar-refractivity contribution < 1.29 is 0 Å². The lowest BCUT2D eigenvalue weighted by Gasteiger charge is -2.19. The summed E-state index contributed by atoms with van der Waals surface area (Å²) in [6, 6.07) is 51.0. The molecule has 0 amide bonds. The lowest BCUT2D eigenvalue weighted by atomic mass is 9.88. The van der Waals surface area contributed by atoms with Gasteiger partial charge in [0, 0.05) is 53.7 Å². The predicted octanol–water partition coefficient (Wildman–Crippen LogP) is 13.4. The summed E-state index contributed by atoms with van der Waals surface area (Å²) in [6.07, 6.45) is 3.76. The van der Waals surface area contributed by atoms with E-state index in [-0.39, 0.29) is 0 Å². The normalized spacial score (nSPS) is 12.9. The second-order valence-corrected chi connectivity index (χ2v) is 16.7. The van der Waals surface area contributed by atoms with Crippen LogP contribution < -0.4 is 0 Å². The Hall–Kier alpha value is -6.47. The quantitative estimate of drug-likeness (QED) is 0.177. The van der Waals surface area contributed by atoms with E-state index < -0.39 is 0 Å². The lowest BCUT2D eigenvalue weighted by molar-refractivity contribution is 0.891. The fraction of sp³-hybridized carbons (Fsp3) is 0.0408. The molecule has 6 heterocycles. The minimum Gasteiger partial charge on any atom is -0.295 e. The van der Waals surface area contributed by atoms with Gasteiger partial charge in [0.15, 0.2) is 11.3 Å². The molecule has 0 fully saturated rings. The van der Waals surface area contributed by atoms with Crippen LogP contribution in [0.3, 0.4) is 0 Å². The third-order valence-electron chi connectivity index (χ3n) is 11.8. The Kier molecular flexibility index (Phi) is 6.01. The monoisotopic (exact) mass is 736 g/mol. The van der Waals surface area contributed by atoms with E-state index in [0.717, 1.165) is 52.0 Å². The Morgan fingerprint density at radius 1 is 0.509 bits per heavy atom. The Labute approximate surface area is 322 Å². The first-order valence-corrected chi connectivity index (χ1v) is 20.4. The number of rotatable bonds is 2. The molecule has 0 N–H and O–H groups in total. The third-order valence-corrected chi connectivity index (χ3v) is 14.1. The van der Waals surface area contributed by atoms with Crippen molar-refractivity contribution in [3.05, 3.63) is 157 Å². The maximum Gasteiger partial charge on any atom is 0.160 e. The van der Waals surface area contributed by atoms with Crippen LogP contribution in [0.1, 0.15) is 11.3 Å². The predicted molar refractivity (Wildman–Crippen MR) is 233 cm³/mol. The number of nitrogens with zero attached hydrogens (tertiary/aromatic N) is 4. The van der Waals surface area contributed by atoms with Crippen molar-refractivity contribution in [2.45, 2.75) is 12.8 Å². The average molecular weight is 737 g/mol. The number of thiophene rings is 2. The van der Waals surface area contributed by atoms with Gasteiger partial charge in [-0.1, -0.05) is 109 Å². The SMILES string of the molecule is c1ccc2c3c(ccc2c1)-c1nc2c4sc5ccc6ccccc6c5c4cc(-c4ccc(-c5nc6ncccc6c6c5sc5ccccc56)cc4)n2c1CC3. The summed E-state index contributed by atoms with van der Waals surface area (Å²) < 4.78 is 7.47. The molecule has 0 bridgehead atoms. The van der Waals surface area contributed by atoms with Gasteiger partial charge in [0.2, 0.25) is 0 Å². The number of hydrogen-bond acceptors (Lipinski definition) is 5. The summed E-state index contributed by atoms with van der Waals surface area (Å²) in [6.45, 7) is 0. The first-order valence-electron chi connectivity index (χ1n) is 18.7. The third kappa shape index (κ3) is 4.13. The Bertz CT molecular complexity index is 3610. The minimum atomic E-state index is 0.777. The van der Waals surface area contributed by atoms with Crippen molar-refractivity contribution in [1.29, 1.82) is 0 Å². The summed E-state index contributed by atoms with van der Waals surface area (Å²) >= 11 is 3.68. The first kappa shape index (κ1) is 29.9. The largest absolute Gasteiger partial charge is 0.295 e. The van der Waals surface area contributed by atoms with Crippen LogP contribution in [-0.2, 0) is 12.8 Å². The number of hydrogen-bond donors (Lipinski definition) is 0. The Balaban J connectivity index is 1.08. The van der Waals surface area contributed by atoms with Crippen LogP contribution in [0.2, 0.25) is 0 Å². The molecule has 13 rings (SSSR count). The molecule has 1 aliphatic carbocycles. The number of aryl methyl sites for hydroxylation is 2. The van der Waals surface area contributed by atoms with Crippen molar-refractivity contribution in [2.24, 2.45) is 0 Å². The zero-order valence-electron chi connectivity index (χ0n) is 29.4. The minimum absolute atomic E-state index is 0.777. The van der Waals surface area contributed by atoms with Crippen LogP contribution in [-0.4, -0.2) is 19.4 Å². The second-order valence-electron chi connectivity index (χ2n) is 14.6. The van der Waals surface area contributed by atoms with E-state index in [1.165, 1.54) is 84.4 Å². The summed E-state index contributed by atoms with van der Waals surface area (Å²) in [7, 11) is 0. The van der Waals surface area contributed by atoms with Crippen LogP contribution >= 0.6 is 22.7 Å². The zero-order chi connectivity index (χ0) is 35.8. The lowest BCUT2D eigenvalue weighted by Crippen LogP contribution is -2.07. The van der Waals surface area contributed by atoms with Crippen molar-refractivity contribution in [2.75, 3.05) is 0 Å². The Morgan fingerprint density at radius 2 is 1.24 bits per heavy atom. The topological polar surface area (TPSA) is 43.1 Å². The van der Waals surface area contributed by atoms with Crippen molar-refractivity contribution in [3.8, 4) is 33.8 Å². The molecule has 6 aromatic heterocycles. The van der Waals surface area contributed by atoms with E-state index in [1.807, 2.05) is 34.9 Å². The summed E-state index contributed by atoms with van der Waals surface area (Å²) in [5, 5.41) is 11.3. The van der Waals surface area contributed by atoms with E-state index in [4.69, 9.17) is 15.0 Å². The van der Waals surface area contributed by atoms with Gasteiger partial charge in [-0.15, -0.1) is 22.7 Å². The highest BCUT2D eigenvalue weighted by Crippen LogP contribution is 2.47. The maximum atomic E-state index is 5.60. The van der Waals surface area contributed by atoms with E-state index in [2.05, 4.69) is 138 Å². The average Bonchev–Trinajstić information content (AvgIpc) is 3.95. The van der Waals surface area contributed by atoms with Crippen LogP contribution in [0.5, 0.6) is 0 Å². The van der Waals surface area contributed by atoms with Gasteiger partial charge < -0.3 is 0 Å². The van der Waals surface area contributed by atoms with Gasteiger partial charge in [0.1, 0.15) is 0 Å². The molecule has 0 saturated heterocycles. The highest BCUT2D eigenvalue weighted by atomic mass is 32.1. The number of pyridine rings is 3. The fourth-order valence-corrected chi connectivity index (χ4v) is 11.7. The number of aromatic nitrogens is 4. The molecular weight excluding hydrogens is 709 g/mol. The van der Waals surface area contributed by atoms with Gasteiger partial charge in [-0.05, 0) is 75.8 Å². The molecule has 0 radical (unpaired) electrons. The molecule has 55 heavy (non-hydrogen) atoms. The summed E-state index contributed by atoms with van der Waals surface area (Å²) in [5.74, 6) is 0.